The predicted molar refractivity (Wildman–Crippen MR) is 122 cm³/mol. The minimum Gasteiger partial charge on any atom is -0.488 e. The molecule has 0 saturated carbocycles. The average molecular weight is 483 g/mol. The lowest BCUT2D eigenvalue weighted by Crippen LogP contribution is -2.24. The van der Waals surface area contributed by atoms with Crippen molar-refractivity contribution in [2.75, 3.05) is 5.32 Å². The Balaban J connectivity index is 1.55. The Bertz CT molecular complexity index is 1130. The number of aryl methyl sites for hydroxylation is 1. The number of ether oxygens (including phenoxy) is 1. The minimum absolute atomic E-state index is 0.0192. The van der Waals surface area contributed by atoms with Gasteiger partial charge < -0.3 is 10.1 Å². The molecule has 8 nitrogen and oxygen atoms in total. The zero-order valence-corrected chi connectivity index (χ0v) is 18.1. The molecule has 0 heterocycles. The molecule has 31 heavy (non-hydrogen) atoms. The van der Waals surface area contributed by atoms with Crippen molar-refractivity contribution in [2.45, 2.75) is 13.5 Å². The van der Waals surface area contributed by atoms with Gasteiger partial charge in [0.25, 0.3) is 5.69 Å². The van der Waals surface area contributed by atoms with Crippen molar-refractivity contribution in [3.05, 3.63) is 98.0 Å². The van der Waals surface area contributed by atoms with Gasteiger partial charge in [0.15, 0.2) is 0 Å². The number of nitro groups is 1. The Morgan fingerprint density at radius 3 is 2.71 bits per heavy atom. The number of anilines is 1. The van der Waals surface area contributed by atoms with Gasteiger partial charge in [-0.15, -0.1) is 0 Å². The number of hydrogen-bond acceptors (Lipinski definition) is 5. The molecular formula is C22H19BrN4O4. The number of halogens is 1. The first-order valence-electron chi connectivity index (χ1n) is 9.24. The molecule has 0 radical (unpaired) electrons. The van der Waals surface area contributed by atoms with Crippen molar-refractivity contribution in [3.8, 4) is 5.75 Å². The van der Waals surface area contributed by atoms with E-state index in [0.717, 1.165) is 11.1 Å². The number of hydrazone groups is 1. The summed E-state index contributed by atoms with van der Waals surface area (Å²) in [4.78, 5) is 22.4. The van der Waals surface area contributed by atoms with Crippen LogP contribution in [0.25, 0.3) is 0 Å². The topological polar surface area (TPSA) is 106 Å². The number of amides is 2. The van der Waals surface area contributed by atoms with E-state index in [0.29, 0.717) is 21.5 Å². The number of rotatable bonds is 7. The number of benzene rings is 3. The van der Waals surface area contributed by atoms with Crippen LogP contribution in [-0.4, -0.2) is 17.2 Å². The molecule has 3 aromatic rings. The van der Waals surface area contributed by atoms with Gasteiger partial charge in [-0.3, -0.25) is 10.1 Å². The normalized spacial score (nSPS) is 10.6. The molecule has 158 valence electrons. The van der Waals surface area contributed by atoms with Gasteiger partial charge in [0, 0.05) is 17.8 Å². The largest absolute Gasteiger partial charge is 0.488 e. The van der Waals surface area contributed by atoms with E-state index in [4.69, 9.17) is 4.74 Å². The van der Waals surface area contributed by atoms with Crippen LogP contribution in [0.2, 0.25) is 0 Å². The molecule has 0 aromatic heterocycles. The van der Waals surface area contributed by atoms with Crippen molar-refractivity contribution < 1.29 is 14.5 Å². The summed E-state index contributed by atoms with van der Waals surface area (Å²) in [5, 5.41) is 17.5. The van der Waals surface area contributed by atoms with E-state index in [1.165, 1.54) is 18.3 Å². The average Bonchev–Trinajstić information content (AvgIpc) is 2.75. The molecule has 0 atom stereocenters. The summed E-state index contributed by atoms with van der Waals surface area (Å²) in [6, 6.07) is 18.6. The summed E-state index contributed by atoms with van der Waals surface area (Å²) in [6.07, 6.45) is 1.51. The second-order valence-electron chi connectivity index (χ2n) is 6.54. The van der Waals surface area contributed by atoms with Crippen LogP contribution < -0.4 is 15.5 Å². The summed E-state index contributed by atoms with van der Waals surface area (Å²) in [5.41, 5.74) is 5.53. The standard InChI is InChI=1S/C22H19BrN4O4/c1-15-5-2-3-8-20(15)25-22(28)26-24-13-16-9-10-21(19(23)12-16)31-14-17-6-4-7-18(11-17)27(29)30/h2-13H,14H2,1H3,(H2,25,26,28). The van der Waals surface area contributed by atoms with E-state index >= 15 is 0 Å². The lowest BCUT2D eigenvalue weighted by Gasteiger charge is -2.09. The second kappa shape index (κ2) is 10.4. The van der Waals surface area contributed by atoms with Crippen molar-refractivity contribution >= 4 is 39.6 Å². The van der Waals surface area contributed by atoms with Gasteiger partial charge in [0.05, 0.1) is 15.6 Å². The van der Waals surface area contributed by atoms with Gasteiger partial charge >= 0.3 is 6.03 Å². The van der Waals surface area contributed by atoms with E-state index < -0.39 is 11.0 Å². The van der Waals surface area contributed by atoms with Gasteiger partial charge in [-0.05, 0) is 63.8 Å². The molecule has 2 N–H and O–H groups in total. The Hall–Kier alpha value is -3.72. The van der Waals surface area contributed by atoms with Crippen molar-refractivity contribution in [2.24, 2.45) is 5.10 Å². The van der Waals surface area contributed by atoms with Crippen LogP contribution in [0.3, 0.4) is 0 Å². The molecule has 0 fully saturated rings. The molecule has 0 bridgehead atoms. The molecular weight excluding hydrogens is 464 g/mol. The third-order valence-corrected chi connectivity index (χ3v) is 4.86. The number of urea groups is 1. The highest BCUT2D eigenvalue weighted by Crippen LogP contribution is 2.26. The first kappa shape index (κ1) is 22.0. The molecule has 0 aliphatic rings. The molecule has 0 aliphatic carbocycles. The van der Waals surface area contributed by atoms with Crippen molar-refractivity contribution in [3.63, 3.8) is 0 Å². The first-order valence-corrected chi connectivity index (χ1v) is 10.0. The molecule has 0 unspecified atom stereocenters. The summed E-state index contributed by atoms with van der Waals surface area (Å²) in [7, 11) is 0. The maximum Gasteiger partial charge on any atom is 0.339 e. The van der Waals surface area contributed by atoms with Gasteiger partial charge in [-0.25, -0.2) is 10.2 Å². The fourth-order valence-corrected chi connectivity index (χ4v) is 3.18. The Kier molecular flexibility index (Phi) is 7.34. The smallest absolute Gasteiger partial charge is 0.339 e. The van der Waals surface area contributed by atoms with E-state index in [1.54, 1.807) is 30.3 Å². The highest BCUT2D eigenvalue weighted by Gasteiger charge is 2.08. The first-order chi connectivity index (χ1) is 14.9. The van der Waals surface area contributed by atoms with Crippen molar-refractivity contribution in [1.82, 2.24) is 5.43 Å². The highest BCUT2D eigenvalue weighted by molar-refractivity contribution is 9.10. The van der Waals surface area contributed by atoms with Gasteiger partial charge in [-0.1, -0.05) is 30.3 Å². The minimum atomic E-state index is -0.443. The zero-order chi connectivity index (χ0) is 22.2. The SMILES string of the molecule is Cc1ccccc1NC(=O)NN=Cc1ccc(OCc2cccc([N+](=O)[O-])c2)c(Br)c1. The number of non-ortho nitro benzene ring substituents is 1. The number of nitrogens with one attached hydrogen (secondary N) is 2. The quantitative estimate of drug-likeness (QED) is 0.267. The summed E-state index contributed by atoms with van der Waals surface area (Å²) < 4.78 is 6.43. The van der Waals surface area contributed by atoms with Crippen LogP contribution in [-0.2, 0) is 6.61 Å². The van der Waals surface area contributed by atoms with E-state index in [2.05, 4.69) is 31.8 Å². The van der Waals surface area contributed by atoms with Crippen LogP contribution in [0.15, 0.2) is 76.3 Å². The maximum atomic E-state index is 12.0. The summed E-state index contributed by atoms with van der Waals surface area (Å²) >= 11 is 3.44. The zero-order valence-electron chi connectivity index (χ0n) is 16.5. The number of nitrogens with zero attached hydrogens (tertiary/aromatic N) is 2. The molecule has 0 saturated heterocycles. The van der Waals surface area contributed by atoms with Gasteiger partial charge in [-0.2, -0.15) is 5.10 Å². The molecule has 0 aliphatic heterocycles. The summed E-state index contributed by atoms with van der Waals surface area (Å²) in [6.45, 7) is 2.09. The van der Waals surface area contributed by atoms with Crippen LogP contribution in [0.5, 0.6) is 5.75 Å². The molecule has 2 amide bonds. The van der Waals surface area contributed by atoms with Crippen LogP contribution >= 0.6 is 15.9 Å². The Labute approximate surface area is 187 Å². The number of nitro benzene ring substituents is 1. The lowest BCUT2D eigenvalue weighted by molar-refractivity contribution is -0.384. The number of carbonyl (C=O) groups is 1. The third kappa shape index (κ3) is 6.38. The van der Waals surface area contributed by atoms with Gasteiger partial charge in [0.1, 0.15) is 12.4 Å². The van der Waals surface area contributed by atoms with Crippen LogP contribution in [0.4, 0.5) is 16.2 Å². The fourth-order valence-electron chi connectivity index (χ4n) is 2.66. The predicted octanol–water partition coefficient (Wildman–Crippen LogP) is 5.40. The second-order valence-corrected chi connectivity index (χ2v) is 7.40. The molecule has 9 heteroatoms. The highest BCUT2D eigenvalue weighted by atomic mass is 79.9. The monoisotopic (exact) mass is 482 g/mol. The molecule has 3 aromatic carbocycles. The van der Waals surface area contributed by atoms with Gasteiger partial charge in [0.2, 0.25) is 0 Å². The van der Waals surface area contributed by atoms with Crippen molar-refractivity contribution in [1.29, 1.82) is 0 Å². The number of para-hydroxylation sites is 1. The van der Waals surface area contributed by atoms with E-state index in [-0.39, 0.29) is 12.3 Å². The molecule has 0 spiro atoms. The number of hydrogen-bond donors (Lipinski definition) is 2. The Morgan fingerprint density at radius 1 is 1.16 bits per heavy atom. The van der Waals surface area contributed by atoms with E-state index in [9.17, 15) is 14.9 Å². The van der Waals surface area contributed by atoms with E-state index in [1.807, 2.05) is 31.2 Å². The lowest BCUT2D eigenvalue weighted by atomic mass is 10.2. The fraction of sp³-hybridized carbons (Fsp3) is 0.0909. The van der Waals surface area contributed by atoms with Crippen LogP contribution in [0, 0.1) is 17.0 Å². The third-order valence-electron chi connectivity index (χ3n) is 4.24. The van der Waals surface area contributed by atoms with Crippen LogP contribution in [0.1, 0.15) is 16.7 Å². The number of carbonyl (C=O) groups excluding carboxylic acids is 1. The maximum absolute atomic E-state index is 12.0. The molecule has 3 rings (SSSR count). The summed E-state index contributed by atoms with van der Waals surface area (Å²) in [5.74, 6) is 0.578. The Morgan fingerprint density at radius 2 is 1.97 bits per heavy atom.